The molecule has 1 saturated carbocycles. The molecule has 0 bridgehead atoms. The monoisotopic (exact) mass is 370 g/mol. The van der Waals surface area contributed by atoms with Crippen LogP contribution in [0.2, 0.25) is 0 Å². The number of hydrogen-bond donors (Lipinski definition) is 2. The average molecular weight is 370 g/mol. The number of hydrogen-bond acceptors (Lipinski definition) is 5. The van der Waals surface area contributed by atoms with Gasteiger partial charge in [0.25, 0.3) is 0 Å². The second-order valence-corrected chi connectivity index (χ2v) is 8.33. The van der Waals surface area contributed by atoms with Crippen LogP contribution < -0.4 is 10.1 Å². The number of nitrogens with zero attached hydrogens (tertiary/aromatic N) is 1. The third-order valence-corrected chi connectivity index (χ3v) is 5.59. The van der Waals surface area contributed by atoms with Gasteiger partial charge in [0.1, 0.15) is 5.75 Å². The third kappa shape index (κ3) is 4.52. The van der Waals surface area contributed by atoms with Gasteiger partial charge in [-0.05, 0) is 50.8 Å². The van der Waals surface area contributed by atoms with E-state index in [1.165, 1.54) is 19.1 Å². The van der Waals surface area contributed by atoms with Crippen molar-refractivity contribution >= 4 is 17.7 Å². The molecule has 0 amide bonds. The minimum atomic E-state index is -0.153. The van der Waals surface area contributed by atoms with Crippen LogP contribution in [-0.2, 0) is 11.2 Å². The van der Waals surface area contributed by atoms with Crippen molar-refractivity contribution < 1.29 is 14.7 Å². The summed E-state index contributed by atoms with van der Waals surface area (Å²) in [6.45, 7) is 4.27. The maximum Gasteiger partial charge on any atom is 0.160 e. The van der Waals surface area contributed by atoms with E-state index < -0.39 is 0 Å². The van der Waals surface area contributed by atoms with Crippen LogP contribution in [-0.4, -0.2) is 29.9 Å². The van der Waals surface area contributed by atoms with Crippen molar-refractivity contribution in [3.63, 3.8) is 0 Å². The molecule has 27 heavy (non-hydrogen) atoms. The minimum Gasteiger partial charge on any atom is -0.496 e. The molecule has 0 aromatic heterocycles. The van der Waals surface area contributed by atoms with Crippen LogP contribution in [0.4, 0.5) is 0 Å². The Kier molecular flexibility index (Phi) is 5.88. The maximum absolute atomic E-state index is 13.0. The van der Waals surface area contributed by atoms with Crippen molar-refractivity contribution in [3.8, 4) is 5.75 Å². The zero-order valence-electron chi connectivity index (χ0n) is 16.5. The Balaban J connectivity index is 2.00. The number of rotatable bonds is 4. The maximum atomic E-state index is 13.0. The van der Waals surface area contributed by atoms with E-state index in [4.69, 9.17) is 9.94 Å². The fraction of sp³-hybridized carbons (Fsp3) is 0.545. The van der Waals surface area contributed by atoms with Gasteiger partial charge < -0.3 is 15.3 Å². The largest absolute Gasteiger partial charge is 0.496 e. The summed E-state index contributed by atoms with van der Waals surface area (Å²) in [4.78, 5) is 13.0. The van der Waals surface area contributed by atoms with E-state index in [9.17, 15) is 4.79 Å². The SMILES string of the molecule is COc1cc2c(cc1/C=N/O)/C(=C/C(=O)C1CCCCCC1)NC(C)(C)C2. The van der Waals surface area contributed by atoms with Gasteiger partial charge in [0, 0.05) is 34.4 Å². The molecule has 1 aromatic carbocycles. The molecule has 0 spiro atoms. The first-order valence-corrected chi connectivity index (χ1v) is 9.86. The number of allylic oxidation sites excluding steroid dienone is 1. The van der Waals surface area contributed by atoms with Gasteiger partial charge in [0.15, 0.2) is 5.78 Å². The molecule has 1 heterocycles. The van der Waals surface area contributed by atoms with E-state index in [1.54, 1.807) is 13.2 Å². The van der Waals surface area contributed by atoms with Gasteiger partial charge in [-0.15, -0.1) is 0 Å². The topological polar surface area (TPSA) is 70.9 Å². The van der Waals surface area contributed by atoms with Crippen molar-refractivity contribution in [1.29, 1.82) is 0 Å². The number of oxime groups is 1. The molecule has 1 aliphatic carbocycles. The molecule has 146 valence electrons. The van der Waals surface area contributed by atoms with Crippen molar-refractivity contribution in [3.05, 3.63) is 34.9 Å². The molecule has 5 nitrogen and oxygen atoms in total. The Hall–Kier alpha value is -2.30. The van der Waals surface area contributed by atoms with Gasteiger partial charge in [-0.1, -0.05) is 30.8 Å². The Morgan fingerprint density at radius 2 is 1.96 bits per heavy atom. The highest BCUT2D eigenvalue weighted by Crippen LogP contribution is 2.35. The number of carbonyl (C=O) groups is 1. The van der Waals surface area contributed by atoms with Crippen molar-refractivity contribution in [2.24, 2.45) is 11.1 Å². The number of ketones is 1. The van der Waals surface area contributed by atoms with Crippen LogP contribution in [0.5, 0.6) is 5.75 Å². The number of benzene rings is 1. The van der Waals surface area contributed by atoms with Crippen LogP contribution in [0.25, 0.3) is 5.70 Å². The lowest BCUT2D eigenvalue weighted by molar-refractivity contribution is -0.118. The lowest BCUT2D eigenvalue weighted by Crippen LogP contribution is -2.44. The molecule has 1 aromatic rings. The van der Waals surface area contributed by atoms with Gasteiger partial charge >= 0.3 is 0 Å². The van der Waals surface area contributed by atoms with Gasteiger partial charge in [0.2, 0.25) is 0 Å². The van der Waals surface area contributed by atoms with Crippen LogP contribution in [0.1, 0.15) is 69.1 Å². The van der Waals surface area contributed by atoms with E-state index in [2.05, 4.69) is 24.3 Å². The molecule has 0 unspecified atom stereocenters. The number of carbonyl (C=O) groups excluding carboxylic acids is 1. The van der Waals surface area contributed by atoms with E-state index in [1.807, 2.05) is 12.1 Å². The molecule has 3 rings (SSSR count). The standard InChI is InChI=1S/C22H30N2O3/c1-22(2)13-16-11-21(27-3)17(14-23-26)10-18(16)19(24-22)12-20(25)15-8-6-4-5-7-9-15/h10-12,14-15,24,26H,4-9,13H2,1-3H3/b19-12-,23-14+. The van der Waals surface area contributed by atoms with E-state index in [0.717, 1.165) is 48.9 Å². The molecule has 2 aliphatic rings. The predicted molar refractivity (Wildman–Crippen MR) is 107 cm³/mol. The molecule has 1 aliphatic heterocycles. The number of methoxy groups -OCH3 is 1. The quantitative estimate of drug-likeness (QED) is 0.272. The molecule has 5 heteroatoms. The van der Waals surface area contributed by atoms with Crippen LogP contribution in [0.3, 0.4) is 0 Å². The van der Waals surface area contributed by atoms with E-state index >= 15 is 0 Å². The normalized spacial score (nSPS) is 21.5. The molecular weight excluding hydrogens is 340 g/mol. The molecule has 0 radical (unpaired) electrons. The fourth-order valence-corrected chi connectivity index (χ4v) is 4.27. The number of ether oxygens (including phenoxy) is 1. The summed E-state index contributed by atoms with van der Waals surface area (Å²) in [6.07, 6.45) is 10.7. The molecule has 0 atom stereocenters. The lowest BCUT2D eigenvalue weighted by atomic mass is 9.84. The Labute approximate surface area is 161 Å². The zero-order chi connectivity index (χ0) is 19.4. The second-order valence-electron chi connectivity index (χ2n) is 8.33. The Morgan fingerprint density at radius 3 is 2.59 bits per heavy atom. The van der Waals surface area contributed by atoms with Crippen molar-refractivity contribution in [2.45, 2.75) is 64.3 Å². The van der Waals surface area contributed by atoms with Gasteiger partial charge in [0.05, 0.1) is 13.3 Å². The minimum absolute atomic E-state index is 0.131. The lowest BCUT2D eigenvalue weighted by Gasteiger charge is -2.36. The summed E-state index contributed by atoms with van der Waals surface area (Å²) in [5.74, 6) is 1.02. The first kappa shape index (κ1) is 19.5. The molecule has 2 N–H and O–H groups in total. The van der Waals surface area contributed by atoms with E-state index in [0.29, 0.717) is 11.3 Å². The summed E-state index contributed by atoms with van der Waals surface area (Å²) in [7, 11) is 1.61. The van der Waals surface area contributed by atoms with Crippen molar-refractivity contribution in [2.75, 3.05) is 7.11 Å². The predicted octanol–water partition coefficient (Wildman–Crippen LogP) is 4.31. The Morgan fingerprint density at radius 1 is 1.26 bits per heavy atom. The summed E-state index contributed by atoms with van der Waals surface area (Å²) in [5.41, 5.74) is 3.50. The Bertz CT molecular complexity index is 757. The van der Waals surface area contributed by atoms with E-state index in [-0.39, 0.29) is 17.2 Å². The highest BCUT2D eigenvalue weighted by Gasteiger charge is 2.30. The zero-order valence-corrected chi connectivity index (χ0v) is 16.5. The third-order valence-electron chi connectivity index (χ3n) is 5.59. The van der Waals surface area contributed by atoms with Crippen LogP contribution in [0, 0.1) is 5.92 Å². The first-order valence-electron chi connectivity index (χ1n) is 9.86. The highest BCUT2D eigenvalue weighted by molar-refractivity contribution is 5.99. The summed E-state index contributed by atoms with van der Waals surface area (Å²) in [5, 5.41) is 15.6. The van der Waals surface area contributed by atoms with Gasteiger partial charge in [-0.25, -0.2) is 0 Å². The van der Waals surface area contributed by atoms with Crippen LogP contribution in [0.15, 0.2) is 23.4 Å². The molecule has 1 fully saturated rings. The number of fused-ring (bicyclic) bond motifs is 1. The van der Waals surface area contributed by atoms with Crippen LogP contribution >= 0.6 is 0 Å². The second kappa shape index (κ2) is 8.15. The average Bonchev–Trinajstić information content (AvgIpc) is 2.90. The number of nitrogens with one attached hydrogen (secondary N) is 1. The summed E-state index contributed by atoms with van der Waals surface area (Å²) < 4.78 is 5.45. The fourth-order valence-electron chi connectivity index (χ4n) is 4.27. The summed E-state index contributed by atoms with van der Waals surface area (Å²) in [6, 6.07) is 3.92. The molecule has 0 saturated heterocycles. The smallest absolute Gasteiger partial charge is 0.160 e. The van der Waals surface area contributed by atoms with Gasteiger partial charge in [-0.2, -0.15) is 0 Å². The van der Waals surface area contributed by atoms with Crippen molar-refractivity contribution in [1.82, 2.24) is 5.32 Å². The first-order chi connectivity index (χ1) is 12.9. The molecular formula is C22H30N2O3. The highest BCUT2D eigenvalue weighted by atomic mass is 16.5. The summed E-state index contributed by atoms with van der Waals surface area (Å²) >= 11 is 0. The van der Waals surface area contributed by atoms with Gasteiger partial charge in [-0.3, -0.25) is 4.79 Å².